The molecule has 1 aliphatic carbocycles. The average molecular weight is 345 g/mol. The van der Waals surface area contributed by atoms with Gasteiger partial charge in [0.05, 0.1) is 16.8 Å². The Labute approximate surface area is 143 Å². The largest absolute Gasteiger partial charge is 0.367 e. The van der Waals surface area contributed by atoms with Crippen LogP contribution < -0.4 is 10.0 Å². The molecule has 3 rings (SSSR count). The third kappa shape index (κ3) is 4.06. The molecule has 1 aromatic heterocycles. The van der Waals surface area contributed by atoms with Crippen molar-refractivity contribution in [1.82, 2.24) is 4.98 Å². The zero-order valence-electron chi connectivity index (χ0n) is 14.2. The fourth-order valence-electron chi connectivity index (χ4n) is 2.32. The first-order valence-electron chi connectivity index (χ1n) is 8.10. The normalized spacial score (nSPS) is 15.1. The minimum atomic E-state index is -3.61. The number of hydrogen-bond donors (Lipinski definition) is 2. The monoisotopic (exact) mass is 345 g/mol. The number of nitrogens with one attached hydrogen (secondary N) is 2. The molecular weight excluding hydrogens is 322 g/mol. The molecule has 0 bridgehead atoms. The second-order valence-electron chi connectivity index (χ2n) is 7.23. The van der Waals surface area contributed by atoms with Gasteiger partial charge in [-0.15, -0.1) is 0 Å². The van der Waals surface area contributed by atoms with E-state index in [4.69, 9.17) is 0 Å². The summed E-state index contributed by atoms with van der Waals surface area (Å²) < 4.78 is 27.5. The maximum atomic E-state index is 12.5. The highest BCUT2D eigenvalue weighted by atomic mass is 32.2. The van der Waals surface area contributed by atoms with E-state index in [0.717, 1.165) is 11.4 Å². The lowest BCUT2D eigenvalue weighted by molar-refractivity contribution is 0.587. The van der Waals surface area contributed by atoms with Gasteiger partial charge in [0.2, 0.25) is 0 Å². The molecule has 1 saturated carbocycles. The summed E-state index contributed by atoms with van der Waals surface area (Å²) in [5.74, 6) is 0.773. The number of nitrogens with zero attached hydrogens (tertiary/aromatic N) is 1. The summed E-state index contributed by atoms with van der Waals surface area (Å²) in [4.78, 5) is 4.49. The number of sulfonamides is 1. The van der Waals surface area contributed by atoms with Crippen molar-refractivity contribution in [2.24, 2.45) is 0 Å². The molecule has 0 radical (unpaired) electrons. The van der Waals surface area contributed by atoms with E-state index in [1.807, 2.05) is 12.1 Å². The molecule has 0 aliphatic heterocycles. The minimum absolute atomic E-state index is 0.00989. The van der Waals surface area contributed by atoms with E-state index >= 15 is 0 Å². The van der Waals surface area contributed by atoms with Crippen LogP contribution in [0, 0.1) is 0 Å². The van der Waals surface area contributed by atoms with Gasteiger partial charge in [0.15, 0.2) is 0 Å². The molecule has 1 fully saturated rings. The summed E-state index contributed by atoms with van der Waals surface area (Å²) in [6, 6.07) is 11.0. The molecule has 0 amide bonds. The first-order chi connectivity index (χ1) is 11.2. The third-order valence-corrected chi connectivity index (χ3v) is 5.37. The first-order valence-corrected chi connectivity index (χ1v) is 9.58. The Kier molecular flexibility index (Phi) is 4.25. The van der Waals surface area contributed by atoms with Crippen molar-refractivity contribution in [3.63, 3.8) is 0 Å². The Morgan fingerprint density at radius 2 is 1.71 bits per heavy atom. The summed E-state index contributed by atoms with van der Waals surface area (Å²) in [5.41, 5.74) is 1.54. The Hall–Kier alpha value is -2.08. The van der Waals surface area contributed by atoms with Crippen molar-refractivity contribution in [3.05, 3.63) is 48.2 Å². The molecule has 2 N–H and O–H groups in total. The molecule has 0 saturated heterocycles. The fourth-order valence-corrected chi connectivity index (χ4v) is 3.37. The van der Waals surface area contributed by atoms with Crippen LogP contribution in [0.15, 0.2) is 47.5 Å². The van der Waals surface area contributed by atoms with Gasteiger partial charge in [0.25, 0.3) is 10.0 Å². The van der Waals surface area contributed by atoms with Gasteiger partial charge in [0.1, 0.15) is 5.82 Å². The van der Waals surface area contributed by atoms with Crippen LogP contribution in [0.5, 0.6) is 0 Å². The minimum Gasteiger partial charge on any atom is -0.367 e. The lowest BCUT2D eigenvalue weighted by Crippen LogP contribution is -2.15. The standard InChI is InChI=1S/C18H23N3O2S/c1-18(2,3)13-4-9-16(10-5-13)24(22,23)21-15-8-11-17(19-12-15)20-14-6-7-14/h4-5,8-12,14,21H,6-7H2,1-3H3,(H,19,20). The van der Waals surface area contributed by atoms with E-state index in [2.05, 4.69) is 35.8 Å². The molecular formula is C18H23N3O2S. The number of anilines is 2. The quantitative estimate of drug-likeness (QED) is 0.866. The smallest absolute Gasteiger partial charge is 0.261 e. The van der Waals surface area contributed by atoms with Crippen LogP contribution in [0.25, 0.3) is 0 Å². The zero-order valence-corrected chi connectivity index (χ0v) is 15.0. The molecule has 0 unspecified atom stereocenters. The van der Waals surface area contributed by atoms with E-state index in [9.17, 15) is 8.42 Å². The Bertz CT molecular complexity index is 803. The summed E-state index contributed by atoms with van der Waals surface area (Å²) >= 11 is 0. The molecule has 24 heavy (non-hydrogen) atoms. The SMILES string of the molecule is CC(C)(C)c1ccc(S(=O)(=O)Nc2ccc(NC3CC3)nc2)cc1. The predicted molar refractivity (Wildman–Crippen MR) is 96.8 cm³/mol. The molecule has 1 heterocycles. The second-order valence-corrected chi connectivity index (χ2v) is 8.91. The fraction of sp³-hybridized carbons (Fsp3) is 0.389. The first kappa shape index (κ1) is 16.8. The van der Waals surface area contributed by atoms with Crippen LogP contribution in [0.3, 0.4) is 0 Å². The van der Waals surface area contributed by atoms with Crippen molar-refractivity contribution in [2.75, 3.05) is 10.0 Å². The van der Waals surface area contributed by atoms with E-state index in [1.54, 1.807) is 24.3 Å². The average Bonchev–Trinajstić information content (AvgIpc) is 3.32. The molecule has 1 aliphatic rings. The van der Waals surface area contributed by atoms with Crippen LogP contribution in [0.1, 0.15) is 39.2 Å². The highest BCUT2D eigenvalue weighted by Crippen LogP contribution is 2.25. The van der Waals surface area contributed by atoms with Crippen molar-refractivity contribution >= 4 is 21.5 Å². The van der Waals surface area contributed by atoms with Gasteiger partial charge in [-0.2, -0.15) is 0 Å². The van der Waals surface area contributed by atoms with E-state index in [-0.39, 0.29) is 10.3 Å². The van der Waals surface area contributed by atoms with Crippen molar-refractivity contribution in [3.8, 4) is 0 Å². The topological polar surface area (TPSA) is 71.1 Å². The highest BCUT2D eigenvalue weighted by Gasteiger charge is 2.21. The maximum Gasteiger partial charge on any atom is 0.261 e. The summed E-state index contributed by atoms with van der Waals surface area (Å²) in [5, 5.41) is 3.27. The summed E-state index contributed by atoms with van der Waals surface area (Å²) in [7, 11) is -3.61. The highest BCUT2D eigenvalue weighted by molar-refractivity contribution is 7.92. The van der Waals surface area contributed by atoms with E-state index in [0.29, 0.717) is 11.7 Å². The van der Waals surface area contributed by atoms with Crippen molar-refractivity contribution in [1.29, 1.82) is 0 Å². The van der Waals surface area contributed by atoms with Crippen molar-refractivity contribution < 1.29 is 8.42 Å². The Morgan fingerprint density at radius 3 is 2.21 bits per heavy atom. The number of benzene rings is 1. The third-order valence-electron chi connectivity index (χ3n) is 3.98. The van der Waals surface area contributed by atoms with Gasteiger partial charge in [0, 0.05) is 6.04 Å². The molecule has 5 nitrogen and oxygen atoms in total. The predicted octanol–water partition coefficient (Wildman–Crippen LogP) is 3.75. The molecule has 128 valence electrons. The van der Waals surface area contributed by atoms with E-state index < -0.39 is 10.0 Å². The van der Waals surface area contributed by atoms with Crippen LogP contribution >= 0.6 is 0 Å². The van der Waals surface area contributed by atoms with Crippen LogP contribution in [0.2, 0.25) is 0 Å². The molecule has 6 heteroatoms. The van der Waals surface area contributed by atoms with Crippen molar-refractivity contribution in [2.45, 2.75) is 50.0 Å². The molecule has 0 spiro atoms. The van der Waals surface area contributed by atoms with Gasteiger partial charge < -0.3 is 5.32 Å². The van der Waals surface area contributed by atoms with Gasteiger partial charge in [-0.25, -0.2) is 13.4 Å². The van der Waals surface area contributed by atoms with Crippen LogP contribution in [-0.2, 0) is 15.4 Å². The zero-order chi connectivity index (χ0) is 17.4. The van der Waals surface area contributed by atoms with E-state index in [1.165, 1.54) is 19.0 Å². The van der Waals surface area contributed by atoms with Gasteiger partial charge in [-0.3, -0.25) is 4.72 Å². The Balaban J connectivity index is 1.73. The number of hydrogen-bond acceptors (Lipinski definition) is 4. The number of rotatable bonds is 5. The summed E-state index contributed by atoms with van der Waals surface area (Å²) in [6.45, 7) is 6.28. The van der Waals surface area contributed by atoms with Crippen LogP contribution in [0.4, 0.5) is 11.5 Å². The lowest BCUT2D eigenvalue weighted by Gasteiger charge is -2.19. The molecule has 2 aromatic rings. The number of pyridine rings is 1. The number of aromatic nitrogens is 1. The lowest BCUT2D eigenvalue weighted by atomic mass is 9.87. The molecule has 1 aromatic carbocycles. The van der Waals surface area contributed by atoms with Gasteiger partial charge in [-0.05, 0) is 48.1 Å². The van der Waals surface area contributed by atoms with Crippen LogP contribution in [-0.4, -0.2) is 19.4 Å². The van der Waals surface area contributed by atoms with Gasteiger partial charge >= 0.3 is 0 Å². The summed E-state index contributed by atoms with van der Waals surface area (Å²) in [6.07, 6.45) is 3.87. The van der Waals surface area contributed by atoms with Gasteiger partial charge in [-0.1, -0.05) is 32.9 Å². The maximum absolute atomic E-state index is 12.5. The molecule has 0 atom stereocenters. The Morgan fingerprint density at radius 1 is 1.04 bits per heavy atom. The second kappa shape index (κ2) is 6.09.